The van der Waals surface area contributed by atoms with E-state index in [-0.39, 0.29) is 0 Å². The summed E-state index contributed by atoms with van der Waals surface area (Å²) in [7, 11) is 0. The van der Waals surface area contributed by atoms with E-state index in [1.54, 1.807) is 0 Å². The number of H-pyrrole nitrogens is 1. The van der Waals surface area contributed by atoms with Crippen LogP contribution >= 0.6 is 0 Å². The zero-order valence-corrected chi connectivity index (χ0v) is 10.5. The number of hydrogen-bond donors (Lipinski definition) is 2. The standard InChI is InChI=1S/C13H23N3/c1-10(2)16-8-11(3)13(9-16)15-7-12-4-5-14-6-12/h4-6,10-11,13-15H,7-9H2,1-3H3. The Balaban J connectivity index is 1.82. The maximum absolute atomic E-state index is 3.66. The van der Waals surface area contributed by atoms with E-state index in [1.165, 1.54) is 18.7 Å². The van der Waals surface area contributed by atoms with Crippen LogP contribution in [0.5, 0.6) is 0 Å². The predicted octanol–water partition coefficient (Wildman–Crippen LogP) is 1.83. The number of nitrogens with one attached hydrogen (secondary N) is 2. The molecule has 2 N–H and O–H groups in total. The molecule has 0 bridgehead atoms. The smallest absolute Gasteiger partial charge is 0.0236 e. The topological polar surface area (TPSA) is 31.1 Å². The van der Waals surface area contributed by atoms with Crippen molar-refractivity contribution in [1.82, 2.24) is 15.2 Å². The largest absolute Gasteiger partial charge is 0.367 e. The highest BCUT2D eigenvalue weighted by atomic mass is 15.2. The summed E-state index contributed by atoms with van der Waals surface area (Å²) in [6.45, 7) is 10.3. The molecule has 0 radical (unpaired) electrons. The fourth-order valence-corrected chi connectivity index (χ4v) is 2.41. The molecule has 1 fully saturated rings. The lowest BCUT2D eigenvalue weighted by atomic mass is 10.1. The minimum atomic E-state index is 0.636. The number of likely N-dealkylation sites (tertiary alicyclic amines) is 1. The van der Waals surface area contributed by atoms with Crippen molar-refractivity contribution in [2.45, 2.75) is 39.4 Å². The van der Waals surface area contributed by atoms with Gasteiger partial charge in [-0.15, -0.1) is 0 Å². The van der Waals surface area contributed by atoms with Crippen molar-refractivity contribution in [2.75, 3.05) is 13.1 Å². The molecule has 2 rings (SSSR count). The molecule has 2 heterocycles. The van der Waals surface area contributed by atoms with Gasteiger partial charge in [0.25, 0.3) is 0 Å². The lowest BCUT2D eigenvalue weighted by Crippen LogP contribution is -2.36. The van der Waals surface area contributed by atoms with Gasteiger partial charge < -0.3 is 10.3 Å². The molecule has 1 aromatic rings. The Labute approximate surface area is 98.2 Å². The SMILES string of the molecule is CC1CN(C(C)C)CC1NCc1cc[nH]c1. The Morgan fingerprint density at radius 1 is 1.50 bits per heavy atom. The summed E-state index contributed by atoms with van der Waals surface area (Å²) in [5.41, 5.74) is 1.34. The Morgan fingerprint density at radius 2 is 2.31 bits per heavy atom. The third-order valence-electron chi connectivity index (χ3n) is 3.60. The van der Waals surface area contributed by atoms with Crippen molar-refractivity contribution >= 4 is 0 Å². The maximum atomic E-state index is 3.66. The normalized spacial score (nSPS) is 26.8. The van der Waals surface area contributed by atoms with Crippen LogP contribution in [0.25, 0.3) is 0 Å². The summed E-state index contributed by atoms with van der Waals surface area (Å²) < 4.78 is 0. The summed E-state index contributed by atoms with van der Waals surface area (Å²) >= 11 is 0. The molecule has 1 saturated heterocycles. The molecule has 0 spiro atoms. The van der Waals surface area contributed by atoms with Crippen LogP contribution in [0.15, 0.2) is 18.5 Å². The van der Waals surface area contributed by atoms with Gasteiger partial charge in [0.1, 0.15) is 0 Å². The predicted molar refractivity (Wildman–Crippen MR) is 67.3 cm³/mol. The second-order valence-corrected chi connectivity index (χ2v) is 5.23. The van der Waals surface area contributed by atoms with Crippen molar-refractivity contribution in [2.24, 2.45) is 5.92 Å². The number of aromatic amines is 1. The van der Waals surface area contributed by atoms with Gasteiger partial charge in [-0.3, -0.25) is 4.90 Å². The molecular weight excluding hydrogens is 198 g/mol. The van der Waals surface area contributed by atoms with Crippen LogP contribution in [-0.2, 0) is 6.54 Å². The van der Waals surface area contributed by atoms with Crippen molar-refractivity contribution in [3.63, 3.8) is 0 Å². The van der Waals surface area contributed by atoms with Crippen LogP contribution in [0.3, 0.4) is 0 Å². The number of aromatic nitrogens is 1. The van der Waals surface area contributed by atoms with Gasteiger partial charge >= 0.3 is 0 Å². The zero-order valence-electron chi connectivity index (χ0n) is 10.5. The summed E-state index contributed by atoms with van der Waals surface area (Å²) in [5.74, 6) is 0.751. The molecule has 0 saturated carbocycles. The molecule has 16 heavy (non-hydrogen) atoms. The van der Waals surface area contributed by atoms with Gasteiger partial charge in [0.05, 0.1) is 0 Å². The van der Waals surface area contributed by atoms with E-state index in [0.29, 0.717) is 12.1 Å². The Hall–Kier alpha value is -0.800. The van der Waals surface area contributed by atoms with Crippen LogP contribution in [0, 0.1) is 5.92 Å². The molecular formula is C13H23N3. The Bertz CT molecular complexity index is 305. The maximum Gasteiger partial charge on any atom is 0.0236 e. The molecule has 0 amide bonds. The molecule has 1 aromatic heterocycles. The van der Waals surface area contributed by atoms with Crippen LogP contribution in [-0.4, -0.2) is 35.1 Å². The fourth-order valence-electron chi connectivity index (χ4n) is 2.41. The van der Waals surface area contributed by atoms with Gasteiger partial charge in [0.15, 0.2) is 0 Å². The zero-order chi connectivity index (χ0) is 11.5. The quantitative estimate of drug-likeness (QED) is 0.813. The first kappa shape index (κ1) is 11.7. The second kappa shape index (κ2) is 5.02. The van der Waals surface area contributed by atoms with Gasteiger partial charge in [0.2, 0.25) is 0 Å². The lowest BCUT2D eigenvalue weighted by Gasteiger charge is -2.20. The van der Waals surface area contributed by atoms with E-state index in [0.717, 1.165) is 12.5 Å². The summed E-state index contributed by atoms with van der Waals surface area (Å²) in [4.78, 5) is 5.65. The molecule has 2 atom stereocenters. The molecule has 0 aromatic carbocycles. The Morgan fingerprint density at radius 3 is 2.88 bits per heavy atom. The van der Waals surface area contributed by atoms with E-state index in [4.69, 9.17) is 0 Å². The van der Waals surface area contributed by atoms with E-state index in [1.807, 2.05) is 6.20 Å². The molecule has 3 heteroatoms. The third-order valence-corrected chi connectivity index (χ3v) is 3.60. The molecule has 2 unspecified atom stereocenters. The van der Waals surface area contributed by atoms with E-state index < -0.39 is 0 Å². The average Bonchev–Trinajstić information content (AvgIpc) is 2.84. The van der Waals surface area contributed by atoms with E-state index >= 15 is 0 Å². The van der Waals surface area contributed by atoms with Gasteiger partial charge in [-0.1, -0.05) is 6.92 Å². The minimum Gasteiger partial charge on any atom is -0.367 e. The highest BCUT2D eigenvalue weighted by molar-refractivity contribution is 5.08. The average molecular weight is 221 g/mol. The van der Waals surface area contributed by atoms with Crippen LogP contribution in [0.1, 0.15) is 26.3 Å². The molecule has 3 nitrogen and oxygen atoms in total. The van der Waals surface area contributed by atoms with Gasteiger partial charge in [-0.05, 0) is 31.4 Å². The highest BCUT2D eigenvalue weighted by Crippen LogP contribution is 2.18. The van der Waals surface area contributed by atoms with Crippen molar-refractivity contribution in [3.8, 4) is 0 Å². The highest BCUT2D eigenvalue weighted by Gasteiger charge is 2.30. The first-order chi connectivity index (χ1) is 7.66. The number of rotatable bonds is 4. The summed E-state index contributed by atoms with van der Waals surface area (Å²) in [6.07, 6.45) is 4.04. The fraction of sp³-hybridized carbons (Fsp3) is 0.692. The Kier molecular flexibility index (Phi) is 3.66. The van der Waals surface area contributed by atoms with Crippen molar-refractivity contribution in [1.29, 1.82) is 0 Å². The monoisotopic (exact) mass is 221 g/mol. The van der Waals surface area contributed by atoms with E-state index in [9.17, 15) is 0 Å². The number of hydrogen-bond acceptors (Lipinski definition) is 2. The molecule has 1 aliphatic heterocycles. The van der Waals surface area contributed by atoms with Gasteiger partial charge in [-0.25, -0.2) is 0 Å². The minimum absolute atomic E-state index is 0.636. The molecule has 1 aliphatic rings. The third kappa shape index (κ3) is 2.66. The van der Waals surface area contributed by atoms with Crippen LogP contribution < -0.4 is 5.32 Å². The van der Waals surface area contributed by atoms with E-state index in [2.05, 4.69) is 48.2 Å². The van der Waals surface area contributed by atoms with Gasteiger partial charge in [0, 0.05) is 44.1 Å². The molecule has 90 valence electrons. The van der Waals surface area contributed by atoms with Crippen molar-refractivity contribution < 1.29 is 0 Å². The molecule has 0 aliphatic carbocycles. The van der Waals surface area contributed by atoms with Crippen LogP contribution in [0.4, 0.5) is 0 Å². The van der Waals surface area contributed by atoms with Gasteiger partial charge in [-0.2, -0.15) is 0 Å². The van der Waals surface area contributed by atoms with Crippen molar-refractivity contribution in [3.05, 3.63) is 24.0 Å². The lowest BCUT2D eigenvalue weighted by molar-refractivity contribution is 0.264. The second-order valence-electron chi connectivity index (χ2n) is 5.23. The first-order valence-electron chi connectivity index (χ1n) is 6.26. The summed E-state index contributed by atoms with van der Waals surface area (Å²) in [6, 6.07) is 3.44. The number of nitrogens with zero attached hydrogens (tertiary/aromatic N) is 1. The van der Waals surface area contributed by atoms with Crippen LogP contribution in [0.2, 0.25) is 0 Å². The first-order valence-corrected chi connectivity index (χ1v) is 6.26. The summed E-state index contributed by atoms with van der Waals surface area (Å²) in [5, 5.41) is 3.66.